The molecule has 0 bridgehead atoms. The van der Waals surface area contributed by atoms with Gasteiger partial charge in [0.05, 0.1) is 0 Å². The van der Waals surface area contributed by atoms with Gasteiger partial charge in [-0.1, -0.05) is 31.2 Å². The Hall–Kier alpha value is -1.35. The number of carbonyl (C=O) groups excluding carboxylic acids is 1. The molecule has 1 aromatic rings. The molecule has 0 aromatic heterocycles. The molecular formula is C14H18O3. The van der Waals surface area contributed by atoms with Crippen LogP contribution in [0.25, 0.3) is 0 Å². The molecule has 0 fully saturated rings. The van der Waals surface area contributed by atoms with Crippen molar-refractivity contribution in [1.29, 1.82) is 0 Å². The van der Waals surface area contributed by atoms with Crippen molar-refractivity contribution in [3.05, 3.63) is 35.4 Å². The summed E-state index contributed by atoms with van der Waals surface area (Å²) in [6.45, 7) is 1.97. The Morgan fingerprint density at radius 2 is 2.18 bits per heavy atom. The van der Waals surface area contributed by atoms with E-state index in [9.17, 15) is 4.79 Å². The molecule has 2 unspecified atom stereocenters. The van der Waals surface area contributed by atoms with Gasteiger partial charge in [-0.15, -0.1) is 0 Å². The summed E-state index contributed by atoms with van der Waals surface area (Å²) in [4.78, 5) is 11.6. The average molecular weight is 234 g/mol. The van der Waals surface area contributed by atoms with Crippen molar-refractivity contribution >= 4 is 5.97 Å². The van der Waals surface area contributed by atoms with Crippen molar-refractivity contribution < 1.29 is 14.3 Å². The zero-order valence-electron chi connectivity index (χ0n) is 10.3. The van der Waals surface area contributed by atoms with Crippen LogP contribution in [0.4, 0.5) is 0 Å². The predicted molar refractivity (Wildman–Crippen MR) is 64.7 cm³/mol. The van der Waals surface area contributed by atoms with Gasteiger partial charge in [0.25, 0.3) is 0 Å². The summed E-state index contributed by atoms with van der Waals surface area (Å²) in [5.74, 6) is -0.142. The zero-order valence-corrected chi connectivity index (χ0v) is 10.3. The third kappa shape index (κ3) is 2.50. The molecule has 3 heteroatoms. The number of hydrogen-bond donors (Lipinski definition) is 0. The maximum Gasteiger partial charge on any atom is 0.306 e. The lowest BCUT2D eigenvalue weighted by molar-refractivity contribution is -0.155. The van der Waals surface area contributed by atoms with Gasteiger partial charge < -0.3 is 9.47 Å². The number of carbonyl (C=O) groups is 1. The van der Waals surface area contributed by atoms with Gasteiger partial charge >= 0.3 is 5.97 Å². The second kappa shape index (κ2) is 5.32. The average Bonchev–Trinajstić information content (AvgIpc) is 2.68. The van der Waals surface area contributed by atoms with E-state index in [0.29, 0.717) is 6.42 Å². The number of esters is 1. The van der Waals surface area contributed by atoms with Crippen LogP contribution in [0.3, 0.4) is 0 Å². The molecule has 0 N–H and O–H groups in total. The Kier molecular flexibility index (Phi) is 3.79. The topological polar surface area (TPSA) is 35.5 Å². The highest BCUT2D eigenvalue weighted by Gasteiger charge is 2.35. The number of methoxy groups -OCH3 is 1. The van der Waals surface area contributed by atoms with Gasteiger partial charge in [0.15, 0.2) is 6.10 Å². The maximum atomic E-state index is 11.6. The molecule has 0 saturated heterocycles. The standard InChI is InChI=1S/C14H18O3/c1-3-6-13(15)17-14-11-8-5-4-7-10(11)9-12(14)16-2/h4-5,7-8,12,14H,3,6,9H2,1-2H3. The number of fused-ring (bicyclic) bond motifs is 1. The highest BCUT2D eigenvalue weighted by molar-refractivity contribution is 5.69. The molecule has 1 aliphatic rings. The highest BCUT2D eigenvalue weighted by atomic mass is 16.6. The van der Waals surface area contributed by atoms with E-state index in [2.05, 4.69) is 6.07 Å². The summed E-state index contributed by atoms with van der Waals surface area (Å²) in [5, 5.41) is 0. The van der Waals surface area contributed by atoms with Crippen molar-refractivity contribution in [1.82, 2.24) is 0 Å². The minimum absolute atomic E-state index is 0.0480. The summed E-state index contributed by atoms with van der Waals surface area (Å²) in [6, 6.07) is 8.05. The van der Waals surface area contributed by atoms with Crippen LogP contribution in [-0.4, -0.2) is 19.2 Å². The number of rotatable bonds is 4. The molecule has 0 saturated carbocycles. The lowest BCUT2D eigenvalue weighted by atomic mass is 10.1. The molecule has 3 nitrogen and oxygen atoms in total. The third-order valence-electron chi connectivity index (χ3n) is 3.14. The van der Waals surface area contributed by atoms with Crippen LogP contribution in [0, 0.1) is 0 Å². The van der Waals surface area contributed by atoms with Crippen LogP contribution in [0.15, 0.2) is 24.3 Å². The van der Waals surface area contributed by atoms with E-state index in [-0.39, 0.29) is 18.2 Å². The molecule has 0 aliphatic heterocycles. The van der Waals surface area contributed by atoms with E-state index >= 15 is 0 Å². The third-order valence-corrected chi connectivity index (χ3v) is 3.14. The molecule has 0 amide bonds. The van der Waals surface area contributed by atoms with E-state index in [4.69, 9.17) is 9.47 Å². The Bertz CT molecular complexity index is 400. The second-order valence-electron chi connectivity index (χ2n) is 4.34. The molecule has 1 aromatic carbocycles. The Morgan fingerprint density at radius 3 is 2.88 bits per heavy atom. The summed E-state index contributed by atoms with van der Waals surface area (Å²) in [7, 11) is 1.66. The Labute approximate surface area is 102 Å². The number of hydrogen-bond acceptors (Lipinski definition) is 3. The maximum absolute atomic E-state index is 11.6. The molecule has 92 valence electrons. The first-order valence-corrected chi connectivity index (χ1v) is 6.06. The first kappa shape index (κ1) is 12.1. The van der Waals surface area contributed by atoms with Gasteiger partial charge in [0.2, 0.25) is 0 Å². The quantitative estimate of drug-likeness (QED) is 0.751. The number of benzene rings is 1. The number of ether oxygens (including phenoxy) is 2. The van der Waals surface area contributed by atoms with Gasteiger partial charge in [0.1, 0.15) is 6.10 Å². The van der Waals surface area contributed by atoms with Crippen LogP contribution in [-0.2, 0) is 20.7 Å². The Balaban J connectivity index is 2.16. The van der Waals surface area contributed by atoms with E-state index in [1.165, 1.54) is 5.56 Å². The Morgan fingerprint density at radius 1 is 1.41 bits per heavy atom. The summed E-state index contributed by atoms with van der Waals surface area (Å²) in [5.41, 5.74) is 2.30. The molecule has 1 aliphatic carbocycles. The van der Waals surface area contributed by atoms with E-state index in [0.717, 1.165) is 18.4 Å². The fraction of sp³-hybridized carbons (Fsp3) is 0.500. The SMILES string of the molecule is CCCC(=O)OC1c2ccccc2CC1OC. The first-order chi connectivity index (χ1) is 8.26. The molecule has 0 radical (unpaired) electrons. The first-order valence-electron chi connectivity index (χ1n) is 6.06. The molecule has 0 heterocycles. The van der Waals surface area contributed by atoms with Crippen molar-refractivity contribution in [3.63, 3.8) is 0 Å². The van der Waals surface area contributed by atoms with Crippen molar-refractivity contribution in [2.24, 2.45) is 0 Å². The molecule has 17 heavy (non-hydrogen) atoms. The fourth-order valence-electron chi connectivity index (χ4n) is 2.27. The van der Waals surface area contributed by atoms with Crippen molar-refractivity contribution in [3.8, 4) is 0 Å². The predicted octanol–water partition coefficient (Wildman–Crippen LogP) is 2.64. The zero-order chi connectivity index (χ0) is 12.3. The van der Waals surface area contributed by atoms with Crippen molar-refractivity contribution in [2.45, 2.75) is 38.4 Å². The minimum Gasteiger partial charge on any atom is -0.455 e. The summed E-state index contributed by atoms with van der Waals surface area (Å²) >= 11 is 0. The molecule has 2 rings (SSSR count). The second-order valence-corrected chi connectivity index (χ2v) is 4.34. The van der Waals surface area contributed by atoms with Gasteiger partial charge in [0, 0.05) is 20.0 Å². The molecule has 2 atom stereocenters. The van der Waals surface area contributed by atoms with Gasteiger partial charge in [-0.05, 0) is 17.5 Å². The largest absolute Gasteiger partial charge is 0.455 e. The lowest BCUT2D eigenvalue weighted by Gasteiger charge is -2.19. The van der Waals surface area contributed by atoms with Crippen LogP contribution in [0.5, 0.6) is 0 Å². The summed E-state index contributed by atoms with van der Waals surface area (Å²) < 4.78 is 10.9. The minimum atomic E-state index is -0.241. The van der Waals surface area contributed by atoms with E-state index in [1.54, 1.807) is 7.11 Å². The van der Waals surface area contributed by atoms with Crippen LogP contribution >= 0.6 is 0 Å². The highest BCUT2D eigenvalue weighted by Crippen LogP contribution is 2.35. The van der Waals surface area contributed by atoms with Crippen LogP contribution in [0.1, 0.15) is 37.0 Å². The van der Waals surface area contributed by atoms with Crippen LogP contribution < -0.4 is 0 Å². The van der Waals surface area contributed by atoms with Gasteiger partial charge in [-0.2, -0.15) is 0 Å². The van der Waals surface area contributed by atoms with E-state index < -0.39 is 0 Å². The monoisotopic (exact) mass is 234 g/mol. The molecular weight excluding hydrogens is 216 g/mol. The van der Waals surface area contributed by atoms with Crippen LogP contribution in [0.2, 0.25) is 0 Å². The molecule has 0 spiro atoms. The van der Waals surface area contributed by atoms with Crippen molar-refractivity contribution in [2.75, 3.05) is 7.11 Å². The van der Waals surface area contributed by atoms with Gasteiger partial charge in [-0.3, -0.25) is 4.79 Å². The van der Waals surface area contributed by atoms with E-state index in [1.807, 2.05) is 25.1 Å². The normalized spacial score (nSPS) is 22.2. The lowest BCUT2D eigenvalue weighted by Crippen LogP contribution is -2.22. The fourth-order valence-corrected chi connectivity index (χ4v) is 2.27. The van der Waals surface area contributed by atoms with Gasteiger partial charge in [-0.25, -0.2) is 0 Å². The smallest absolute Gasteiger partial charge is 0.306 e. The summed E-state index contributed by atoms with van der Waals surface area (Å²) in [6.07, 6.45) is 1.81.